The summed E-state index contributed by atoms with van der Waals surface area (Å²) in [4.78, 5) is 39.7. The summed E-state index contributed by atoms with van der Waals surface area (Å²) in [5, 5.41) is 2.71. The zero-order chi connectivity index (χ0) is 23.6. The SMILES string of the molecule is CCCC[C@@H]1NC(=O)OCCC/C=C/c2cccc(c2)CO[C@@H]2C[C@@H](C(=O)OC)N(C2)C1=O. The van der Waals surface area contributed by atoms with Crippen molar-refractivity contribution in [3.05, 3.63) is 41.5 Å². The quantitative estimate of drug-likeness (QED) is 0.695. The first-order chi connectivity index (χ1) is 16.0. The number of nitrogens with one attached hydrogen (secondary N) is 1. The standard InChI is InChI=1S/C25H34N2O6/c1-3-4-12-21-23(28)27-16-20(15-22(27)24(29)31-2)33-17-19-11-8-10-18(14-19)9-6-5-7-13-32-25(30)26-21/h6,8-11,14,20-22H,3-5,7,12-13,15-17H2,1-2H3,(H,26,30)/b9-6+/t20-,21+,22+/m1/s1. The lowest BCUT2D eigenvalue weighted by Crippen LogP contribution is -2.52. The van der Waals surface area contributed by atoms with E-state index in [9.17, 15) is 14.4 Å². The molecule has 1 aromatic rings. The van der Waals surface area contributed by atoms with Crippen LogP contribution in [0.25, 0.3) is 6.08 Å². The maximum Gasteiger partial charge on any atom is 0.407 e. The van der Waals surface area contributed by atoms with Crippen LogP contribution >= 0.6 is 0 Å². The number of allylic oxidation sites excluding steroid dienone is 1. The number of nitrogens with zero attached hydrogens (tertiary/aromatic N) is 1. The van der Waals surface area contributed by atoms with E-state index in [0.29, 0.717) is 25.9 Å². The predicted molar refractivity (Wildman–Crippen MR) is 123 cm³/mol. The Morgan fingerprint density at radius 2 is 2.15 bits per heavy atom. The van der Waals surface area contributed by atoms with Gasteiger partial charge in [-0.2, -0.15) is 0 Å². The van der Waals surface area contributed by atoms with E-state index in [1.165, 1.54) is 12.0 Å². The molecule has 2 heterocycles. The molecule has 1 N–H and O–H groups in total. The molecule has 33 heavy (non-hydrogen) atoms. The van der Waals surface area contributed by atoms with Gasteiger partial charge in [-0.15, -0.1) is 0 Å². The number of carbonyl (C=O) groups is 3. The molecule has 1 saturated heterocycles. The molecule has 0 radical (unpaired) electrons. The van der Waals surface area contributed by atoms with E-state index < -0.39 is 24.1 Å². The molecule has 0 spiro atoms. The normalized spacial score (nSPS) is 25.4. The number of fused-ring (bicyclic) bond motifs is 4. The number of hydrogen-bond acceptors (Lipinski definition) is 6. The van der Waals surface area contributed by atoms with Gasteiger partial charge in [0.05, 0.1) is 26.4 Å². The van der Waals surface area contributed by atoms with Gasteiger partial charge in [-0.25, -0.2) is 9.59 Å². The summed E-state index contributed by atoms with van der Waals surface area (Å²) in [6, 6.07) is 6.53. The van der Waals surface area contributed by atoms with E-state index >= 15 is 0 Å². The highest BCUT2D eigenvalue weighted by Crippen LogP contribution is 2.25. The van der Waals surface area contributed by atoms with E-state index in [1.807, 2.05) is 37.3 Å². The van der Waals surface area contributed by atoms with Gasteiger partial charge >= 0.3 is 12.1 Å². The summed E-state index contributed by atoms with van der Waals surface area (Å²) in [7, 11) is 1.31. The zero-order valence-electron chi connectivity index (χ0n) is 19.5. The summed E-state index contributed by atoms with van der Waals surface area (Å²) in [6.45, 7) is 2.92. The first kappa shape index (κ1) is 24.8. The summed E-state index contributed by atoms with van der Waals surface area (Å²) in [5.74, 6) is -0.794. The van der Waals surface area contributed by atoms with Crippen molar-refractivity contribution < 1.29 is 28.6 Å². The molecule has 0 unspecified atom stereocenters. The number of esters is 1. The summed E-state index contributed by atoms with van der Waals surface area (Å²) in [6.07, 6.45) is 7.05. The highest BCUT2D eigenvalue weighted by molar-refractivity contribution is 5.90. The number of carbonyl (C=O) groups excluding carboxylic acids is 3. The van der Waals surface area contributed by atoms with Crippen molar-refractivity contribution in [3.8, 4) is 0 Å². The molecule has 180 valence electrons. The maximum atomic E-state index is 13.4. The molecule has 4 bridgehead atoms. The van der Waals surface area contributed by atoms with Gasteiger partial charge in [0.2, 0.25) is 5.91 Å². The van der Waals surface area contributed by atoms with Gasteiger partial charge in [-0.3, -0.25) is 4.79 Å². The molecule has 0 aromatic heterocycles. The minimum atomic E-state index is -0.765. The highest BCUT2D eigenvalue weighted by atomic mass is 16.5. The number of ether oxygens (including phenoxy) is 3. The van der Waals surface area contributed by atoms with Gasteiger partial charge < -0.3 is 24.4 Å². The molecule has 1 fully saturated rings. The Kier molecular flexibility index (Phi) is 9.30. The van der Waals surface area contributed by atoms with Crippen LogP contribution in [-0.2, 0) is 30.4 Å². The molecule has 1 aromatic carbocycles. The second-order valence-electron chi connectivity index (χ2n) is 8.46. The highest BCUT2D eigenvalue weighted by Gasteiger charge is 2.43. The maximum absolute atomic E-state index is 13.4. The van der Waals surface area contributed by atoms with Gasteiger partial charge in [-0.05, 0) is 36.5 Å². The van der Waals surface area contributed by atoms with Crippen LogP contribution in [0.1, 0.15) is 56.6 Å². The lowest BCUT2D eigenvalue weighted by atomic mass is 10.1. The van der Waals surface area contributed by atoms with Crippen molar-refractivity contribution in [2.75, 3.05) is 20.3 Å². The third-order valence-corrected chi connectivity index (χ3v) is 5.95. The summed E-state index contributed by atoms with van der Waals surface area (Å²) >= 11 is 0. The molecule has 8 nitrogen and oxygen atoms in total. The van der Waals surface area contributed by atoms with Crippen LogP contribution in [0.5, 0.6) is 0 Å². The van der Waals surface area contributed by atoms with Gasteiger partial charge in [0.15, 0.2) is 0 Å². The number of unbranched alkanes of at least 4 members (excludes halogenated alkanes) is 1. The number of alkyl carbamates (subject to hydrolysis) is 1. The molecule has 2 aliphatic rings. The zero-order valence-corrected chi connectivity index (χ0v) is 19.5. The van der Waals surface area contributed by atoms with E-state index in [2.05, 4.69) is 11.4 Å². The number of benzene rings is 1. The van der Waals surface area contributed by atoms with E-state index in [4.69, 9.17) is 14.2 Å². The Hall–Kier alpha value is -2.87. The molecular weight excluding hydrogens is 424 g/mol. The number of hydrogen-bond donors (Lipinski definition) is 1. The minimum absolute atomic E-state index is 0.259. The third kappa shape index (κ3) is 7.05. The van der Waals surface area contributed by atoms with E-state index in [1.54, 1.807) is 0 Å². The second-order valence-corrected chi connectivity index (χ2v) is 8.46. The number of rotatable bonds is 4. The van der Waals surface area contributed by atoms with Gasteiger partial charge in [0, 0.05) is 13.0 Å². The van der Waals surface area contributed by atoms with Crippen molar-refractivity contribution in [1.82, 2.24) is 10.2 Å². The minimum Gasteiger partial charge on any atom is -0.467 e. The fraction of sp³-hybridized carbons (Fsp3) is 0.560. The lowest BCUT2D eigenvalue weighted by molar-refractivity contribution is -0.151. The first-order valence-corrected chi connectivity index (χ1v) is 11.7. The Balaban J connectivity index is 1.83. The van der Waals surface area contributed by atoms with Crippen LogP contribution in [0.15, 0.2) is 30.3 Å². The van der Waals surface area contributed by atoms with E-state index in [0.717, 1.165) is 30.4 Å². The topological polar surface area (TPSA) is 94.2 Å². The fourth-order valence-electron chi connectivity index (χ4n) is 4.16. The van der Waals surface area contributed by atoms with Crippen molar-refractivity contribution in [2.45, 2.75) is 70.2 Å². The lowest BCUT2D eigenvalue weighted by Gasteiger charge is -2.27. The van der Waals surface area contributed by atoms with Crippen LogP contribution in [-0.4, -0.2) is 61.3 Å². The fourth-order valence-corrected chi connectivity index (χ4v) is 4.16. The van der Waals surface area contributed by atoms with Gasteiger partial charge in [0.1, 0.15) is 12.1 Å². The Labute approximate surface area is 195 Å². The average molecular weight is 459 g/mol. The molecule has 0 aliphatic carbocycles. The smallest absolute Gasteiger partial charge is 0.407 e. The molecule has 3 atom stereocenters. The predicted octanol–water partition coefficient (Wildman–Crippen LogP) is 3.44. The van der Waals surface area contributed by atoms with Crippen LogP contribution in [0.3, 0.4) is 0 Å². The number of methoxy groups -OCH3 is 1. The van der Waals surface area contributed by atoms with Crippen LogP contribution in [0, 0.1) is 0 Å². The summed E-state index contributed by atoms with van der Waals surface area (Å²) in [5.41, 5.74) is 2.08. The Morgan fingerprint density at radius 3 is 2.94 bits per heavy atom. The van der Waals surface area contributed by atoms with Gasteiger partial charge in [-0.1, -0.05) is 50.1 Å². The first-order valence-electron chi connectivity index (χ1n) is 11.7. The molecule has 2 aliphatic heterocycles. The van der Waals surface area contributed by atoms with Crippen molar-refractivity contribution >= 4 is 24.0 Å². The summed E-state index contributed by atoms with van der Waals surface area (Å²) < 4.78 is 16.3. The molecule has 0 saturated carbocycles. The third-order valence-electron chi connectivity index (χ3n) is 5.95. The van der Waals surface area contributed by atoms with Crippen LogP contribution in [0.4, 0.5) is 4.79 Å². The monoisotopic (exact) mass is 458 g/mol. The van der Waals surface area contributed by atoms with Crippen molar-refractivity contribution in [2.24, 2.45) is 0 Å². The number of amides is 2. The van der Waals surface area contributed by atoms with Crippen LogP contribution < -0.4 is 5.32 Å². The molecule has 3 rings (SSSR count). The Bertz CT molecular complexity index is 855. The largest absolute Gasteiger partial charge is 0.467 e. The van der Waals surface area contributed by atoms with Gasteiger partial charge in [0.25, 0.3) is 0 Å². The molecule has 2 amide bonds. The molecule has 8 heteroatoms. The van der Waals surface area contributed by atoms with E-state index in [-0.39, 0.29) is 25.2 Å². The van der Waals surface area contributed by atoms with Crippen molar-refractivity contribution in [1.29, 1.82) is 0 Å². The molecular formula is C25H34N2O6. The second kappa shape index (κ2) is 12.4. The average Bonchev–Trinajstić information content (AvgIpc) is 3.25. The number of cyclic esters (lactones) is 1. The van der Waals surface area contributed by atoms with Crippen molar-refractivity contribution in [3.63, 3.8) is 0 Å². The Morgan fingerprint density at radius 1 is 1.30 bits per heavy atom. The van der Waals surface area contributed by atoms with Crippen LogP contribution in [0.2, 0.25) is 0 Å².